The Labute approximate surface area is 124 Å². The number of aliphatic hydroxyl groups excluding tert-OH is 1. The molecule has 2 aromatic rings. The summed E-state index contributed by atoms with van der Waals surface area (Å²) in [6.07, 6.45) is 2.72. The zero-order valence-corrected chi connectivity index (χ0v) is 11.9. The van der Waals surface area contributed by atoms with Crippen molar-refractivity contribution >= 4 is 11.9 Å². The second kappa shape index (κ2) is 7.41. The maximum Gasteiger partial charge on any atom is 0.165 e. The Bertz CT molecular complexity index is 600. The van der Waals surface area contributed by atoms with Crippen LogP contribution in [0, 0.1) is 0 Å². The molecule has 0 aliphatic rings. The Morgan fingerprint density at radius 1 is 1.14 bits per heavy atom. The van der Waals surface area contributed by atoms with Gasteiger partial charge in [0, 0.05) is 12.0 Å². The molecule has 3 nitrogen and oxygen atoms in total. The summed E-state index contributed by atoms with van der Waals surface area (Å²) in [7, 11) is 1.58. The molecule has 1 atom stereocenters. The lowest BCUT2D eigenvalue weighted by molar-refractivity contribution is 0.0923. The van der Waals surface area contributed by atoms with E-state index in [9.17, 15) is 9.90 Å². The normalized spacial score (nSPS) is 12.3. The summed E-state index contributed by atoms with van der Waals surface area (Å²) < 4.78 is 5.05. The molecule has 2 rings (SSSR count). The highest BCUT2D eigenvalue weighted by atomic mass is 16.5. The van der Waals surface area contributed by atoms with Crippen molar-refractivity contribution in [1.29, 1.82) is 0 Å². The zero-order chi connectivity index (χ0) is 15.1. The van der Waals surface area contributed by atoms with Crippen LogP contribution in [0.3, 0.4) is 0 Å². The Kier molecular flexibility index (Phi) is 5.29. The zero-order valence-electron chi connectivity index (χ0n) is 11.9. The first kappa shape index (κ1) is 15.0. The highest BCUT2D eigenvalue weighted by Crippen LogP contribution is 2.14. The third kappa shape index (κ3) is 4.58. The SMILES string of the molecule is COc1ccc(C(=O)C[C@H](O)/C=C/c2ccccc2)cc1. The van der Waals surface area contributed by atoms with E-state index in [1.54, 1.807) is 37.5 Å². The van der Waals surface area contributed by atoms with Gasteiger partial charge in [0.15, 0.2) is 5.78 Å². The molecule has 0 heterocycles. The van der Waals surface area contributed by atoms with E-state index in [0.717, 1.165) is 5.56 Å². The maximum absolute atomic E-state index is 12.0. The minimum Gasteiger partial charge on any atom is -0.497 e. The Hall–Kier alpha value is -2.39. The number of rotatable bonds is 6. The third-order valence-corrected chi connectivity index (χ3v) is 3.12. The van der Waals surface area contributed by atoms with Crippen molar-refractivity contribution < 1.29 is 14.6 Å². The summed E-state index contributed by atoms with van der Waals surface area (Å²) in [4.78, 5) is 12.0. The van der Waals surface area contributed by atoms with Crippen LogP contribution in [0.25, 0.3) is 6.08 Å². The number of ketones is 1. The highest BCUT2D eigenvalue weighted by Gasteiger charge is 2.10. The smallest absolute Gasteiger partial charge is 0.165 e. The third-order valence-electron chi connectivity index (χ3n) is 3.12. The molecule has 0 saturated heterocycles. The Morgan fingerprint density at radius 2 is 1.81 bits per heavy atom. The van der Waals surface area contributed by atoms with Crippen molar-refractivity contribution in [2.75, 3.05) is 7.11 Å². The van der Waals surface area contributed by atoms with Gasteiger partial charge in [-0.3, -0.25) is 4.79 Å². The molecule has 0 aliphatic heterocycles. The fourth-order valence-electron chi connectivity index (χ4n) is 1.94. The van der Waals surface area contributed by atoms with E-state index in [2.05, 4.69) is 0 Å². The van der Waals surface area contributed by atoms with Gasteiger partial charge in [0.05, 0.1) is 13.2 Å². The van der Waals surface area contributed by atoms with Gasteiger partial charge in [0.25, 0.3) is 0 Å². The van der Waals surface area contributed by atoms with Crippen LogP contribution in [0.15, 0.2) is 60.7 Å². The van der Waals surface area contributed by atoms with Gasteiger partial charge in [0.1, 0.15) is 5.75 Å². The van der Waals surface area contributed by atoms with Crippen LogP contribution >= 0.6 is 0 Å². The molecule has 1 N–H and O–H groups in total. The van der Waals surface area contributed by atoms with Gasteiger partial charge in [-0.1, -0.05) is 42.5 Å². The molecular formula is C18H18O3. The second-order valence-corrected chi connectivity index (χ2v) is 4.69. The summed E-state index contributed by atoms with van der Waals surface area (Å²) in [6.45, 7) is 0. The molecule has 21 heavy (non-hydrogen) atoms. The average molecular weight is 282 g/mol. The molecule has 0 radical (unpaired) electrons. The first-order valence-electron chi connectivity index (χ1n) is 6.77. The van der Waals surface area contributed by atoms with Crippen LogP contribution in [0.2, 0.25) is 0 Å². The van der Waals surface area contributed by atoms with Gasteiger partial charge in [-0.05, 0) is 29.8 Å². The first-order chi connectivity index (χ1) is 10.2. The minimum atomic E-state index is -0.792. The topological polar surface area (TPSA) is 46.5 Å². The number of carbonyl (C=O) groups excluding carboxylic acids is 1. The summed E-state index contributed by atoms with van der Waals surface area (Å²) in [5, 5.41) is 9.91. The molecule has 0 amide bonds. The molecule has 0 aromatic heterocycles. The van der Waals surface area contributed by atoms with Crippen LogP contribution in [-0.4, -0.2) is 24.1 Å². The lowest BCUT2D eigenvalue weighted by Gasteiger charge is -2.06. The predicted octanol–water partition coefficient (Wildman–Crippen LogP) is 3.34. The van der Waals surface area contributed by atoms with E-state index in [-0.39, 0.29) is 12.2 Å². The molecular weight excluding hydrogens is 264 g/mol. The van der Waals surface area contributed by atoms with Gasteiger partial charge in [-0.15, -0.1) is 0 Å². The van der Waals surface area contributed by atoms with Gasteiger partial charge in [0.2, 0.25) is 0 Å². The highest BCUT2D eigenvalue weighted by molar-refractivity contribution is 5.96. The van der Waals surface area contributed by atoms with Crippen LogP contribution in [0.5, 0.6) is 5.75 Å². The van der Waals surface area contributed by atoms with E-state index in [1.807, 2.05) is 36.4 Å². The first-order valence-corrected chi connectivity index (χ1v) is 6.77. The van der Waals surface area contributed by atoms with E-state index < -0.39 is 6.10 Å². The van der Waals surface area contributed by atoms with Crippen molar-refractivity contribution in [3.63, 3.8) is 0 Å². The van der Waals surface area contributed by atoms with Crippen molar-refractivity contribution in [1.82, 2.24) is 0 Å². The number of Topliss-reactive ketones (excluding diaryl/α,β-unsaturated/α-hetero) is 1. The Balaban J connectivity index is 1.93. The molecule has 3 heteroatoms. The lowest BCUT2D eigenvalue weighted by atomic mass is 10.0. The molecule has 0 spiro atoms. The number of hydrogen-bond acceptors (Lipinski definition) is 3. The fourth-order valence-corrected chi connectivity index (χ4v) is 1.94. The minimum absolute atomic E-state index is 0.0651. The van der Waals surface area contributed by atoms with E-state index in [0.29, 0.717) is 11.3 Å². The summed E-state index contributed by atoms with van der Waals surface area (Å²) in [5.74, 6) is 0.610. The van der Waals surface area contributed by atoms with E-state index in [1.165, 1.54) is 0 Å². The molecule has 0 fully saturated rings. The maximum atomic E-state index is 12.0. The molecule has 0 saturated carbocycles. The molecule has 2 aromatic carbocycles. The number of aliphatic hydroxyl groups is 1. The van der Waals surface area contributed by atoms with Crippen LogP contribution in [0.1, 0.15) is 22.3 Å². The standard InChI is InChI=1S/C18H18O3/c1-21-17-11-8-15(9-12-17)18(20)13-16(19)10-7-14-5-3-2-4-6-14/h2-12,16,19H,13H2,1H3/b10-7+/t16-/m1/s1. The second-order valence-electron chi connectivity index (χ2n) is 4.69. The summed E-state index contributed by atoms with van der Waals surface area (Å²) in [5.41, 5.74) is 1.57. The summed E-state index contributed by atoms with van der Waals surface area (Å²) >= 11 is 0. The van der Waals surface area contributed by atoms with Crippen LogP contribution in [0.4, 0.5) is 0 Å². The molecule has 0 unspecified atom stereocenters. The van der Waals surface area contributed by atoms with Gasteiger partial charge >= 0.3 is 0 Å². The van der Waals surface area contributed by atoms with Crippen molar-refractivity contribution in [2.24, 2.45) is 0 Å². The fraction of sp³-hybridized carbons (Fsp3) is 0.167. The quantitative estimate of drug-likeness (QED) is 0.827. The molecule has 108 valence electrons. The largest absolute Gasteiger partial charge is 0.497 e. The number of hydrogen-bond donors (Lipinski definition) is 1. The van der Waals surface area contributed by atoms with Crippen molar-refractivity contribution in [3.05, 3.63) is 71.8 Å². The number of benzene rings is 2. The number of methoxy groups -OCH3 is 1. The Morgan fingerprint density at radius 3 is 2.43 bits per heavy atom. The van der Waals surface area contributed by atoms with Crippen LogP contribution in [-0.2, 0) is 0 Å². The van der Waals surface area contributed by atoms with E-state index in [4.69, 9.17) is 4.74 Å². The van der Waals surface area contributed by atoms with Crippen molar-refractivity contribution in [2.45, 2.75) is 12.5 Å². The number of carbonyl (C=O) groups is 1. The monoisotopic (exact) mass is 282 g/mol. The van der Waals surface area contributed by atoms with Crippen molar-refractivity contribution in [3.8, 4) is 5.75 Å². The van der Waals surface area contributed by atoms with Gasteiger partial charge < -0.3 is 9.84 Å². The predicted molar refractivity (Wildman–Crippen MR) is 83.4 cm³/mol. The number of ether oxygens (including phenoxy) is 1. The van der Waals surface area contributed by atoms with Crippen LogP contribution < -0.4 is 4.74 Å². The van der Waals surface area contributed by atoms with Gasteiger partial charge in [-0.25, -0.2) is 0 Å². The van der Waals surface area contributed by atoms with E-state index >= 15 is 0 Å². The average Bonchev–Trinajstić information content (AvgIpc) is 2.54. The molecule has 0 aliphatic carbocycles. The lowest BCUT2D eigenvalue weighted by Crippen LogP contribution is -2.10. The van der Waals surface area contributed by atoms with Gasteiger partial charge in [-0.2, -0.15) is 0 Å². The summed E-state index contributed by atoms with van der Waals surface area (Å²) in [6, 6.07) is 16.5. The molecule has 0 bridgehead atoms.